The van der Waals surface area contributed by atoms with Crippen LogP contribution in [0.15, 0.2) is 59.2 Å². The third kappa shape index (κ3) is 9.47. The Morgan fingerprint density at radius 3 is 2.36 bits per heavy atom. The number of amides is 4. The van der Waals surface area contributed by atoms with E-state index in [1.807, 2.05) is 24.3 Å². The molecule has 7 heterocycles. The number of methoxy groups -OCH3 is 1. The van der Waals surface area contributed by atoms with Crippen LogP contribution in [0.3, 0.4) is 0 Å². The number of fused-ring (bicyclic) bond motifs is 2. The number of imide groups is 2. The fraction of sp³-hybridized carbons (Fsp3) is 0.469. The number of nitrogens with zero attached hydrogens (tertiary/aromatic N) is 8. The van der Waals surface area contributed by atoms with Gasteiger partial charge in [-0.3, -0.25) is 38.6 Å². The molecule has 4 aromatic rings. The number of hydrogen-bond acceptors (Lipinski definition) is 15. The quantitative estimate of drug-likeness (QED) is 0.138. The van der Waals surface area contributed by atoms with E-state index >= 15 is 0 Å². The molecule has 6 aliphatic rings. The molecule has 0 radical (unpaired) electrons. The maximum absolute atomic E-state index is 13.3. The number of aromatic nitrogens is 2. The van der Waals surface area contributed by atoms with Crippen molar-refractivity contribution in [2.45, 2.75) is 64.0 Å². The van der Waals surface area contributed by atoms with E-state index in [0.29, 0.717) is 69.4 Å². The summed E-state index contributed by atoms with van der Waals surface area (Å²) in [4.78, 5) is 70.8. The highest BCUT2D eigenvalue weighted by molar-refractivity contribution is 9.10. The van der Waals surface area contributed by atoms with Crippen molar-refractivity contribution in [1.82, 2.24) is 30.0 Å². The Labute approximate surface area is 410 Å². The average molecular weight is 1030 g/mol. The molecule has 4 fully saturated rings. The SMILES string of the molecule is COc1cc(N2CCC(N3CCN(CCCC4CN(c5ccc6c(c5)C(=O)N(C5CCC(=O)NC5=O)C6=O)C4)CC3)CC2)c(C)cc1Nc1ncc(Br)c(Nc2cccc3c2N(S(C)(=O)=O)CC3)n1. The number of halogens is 1. The van der Waals surface area contributed by atoms with Gasteiger partial charge in [0.1, 0.15) is 17.6 Å². The van der Waals surface area contributed by atoms with Gasteiger partial charge in [-0.05, 0) is 115 Å². The first-order valence-electron chi connectivity index (χ1n) is 23.9. The fourth-order valence-electron chi connectivity index (χ4n) is 10.9. The summed E-state index contributed by atoms with van der Waals surface area (Å²) in [6.07, 6.45) is 8.26. The summed E-state index contributed by atoms with van der Waals surface area (Å²) in [7, 11) is -1.78. The van der Waals surface area contributed by atoms with Gasteiger partial charge in [0, 0.05) is 95.0 Å². The third-order valence-electron chi connectivity index (χ3n) is 14.7. The zero-order valence-corrected chi connectivity index (χ0v) is 41.6. The van der Waals surface area contributed by atoms with Crippen LogP contribution in [0.2, 0.25) is 0 Å². The Hall–Kier alpha value is -5.83. The molecule has 0 bridgehead atoms. The van der Waals surface area contributed by atoms with Crippen molar-refractivity contribution in [2.75, 3.05) is 104 Å². The second kappa shape index (κ2) is 19.2. The van der Waals surface area contributed by atoms with Crippen LogP contribution >= 0.6 is 15.9 Å². The summed E-state index contributed by atoms with van der Waals surface area (Å²) in [5, 5.41) is 8.95. The van der Waals surface area contributed by atoms with Gasteiger partial charge in [-0.2, -0.15) is 4.98 Å². The van der Waals surface area contributed by atoms with Crippen LogP contribution in [0.5, 0.6) is 5.75 Å². The number of para-hydroxylation sites is 1. The molecule has 3 aromatic carbocycles. The van der Waals surface area contributed by atoms with E-state index in [4.69, 9.17) is 9.72 Å². The Balaban J connectivity index is 0.666. The topological polar surface area (TPSA) is 193 Å². The number of anilines is 7. The lowest BCUT2D eigenvalue weighted by molar-refractivity contribution is -0.136. The van der Waals surface area contributed by atoms with Gasteiger partial charge in [0.05, 0.1) is 46.0 Å². The monoisotopic (exact) mass is 1020 g/mol. The number of benzene rings is 3. The number of piperidine rings is 2. The van der Waals surface area contributed by atoms with Crippen LogP contribution in [-0.2, 0) is 26.0 Å². The van der Waals surface area contributed by atoms with Gasteiger partial charge >= 0.3 is 0 Å². The van der Waals surface area contributed by atoms with E-state index in [1.165, 1.54) is 10.6 Å². The molecule has 0 saturated carbocycles. The molecular weight excluding hydrogens is 967 g/mol. The molecule has 1 aromatic heterocycles. The number of carbonyl (C=O) groups excluding carboxylic acids is 4. The number of piperazine rings is 1. The summed E-state index contributed by atoms with van der Waals surface area (Å²) in [5.41, 5.74) is 6.82. The average Bonchev–Trinajstić information content (AvgIpc) is 3.88. The zero-order chi connectivity index (χ0) is 48.1. The maximum Gasteiger partial charge on any atom is 0.262 e. The maximum atomic E-state index is 13.3. The van der Waals surface area contributed by atoms with Crippen LogP contribution < -0.4 is 34.8 Å². The third-order valence-corrected chi connectivity index (χ3v) is 16.4. The number of aryl methyl sites for hydroxylation is 1. The first-order chi connectivity index (χ1) is 33.2. The first-order valence-corrected chi connectivity index (χ1v) is 26.5. The van der Waals surface area contributed by atoms with Crippen molar-refractivity contribution >= 4 is 89.8 Å². The molecule has 1 atom stereocenters. The van der Waals surface area contributed by atoms with Crippen molar-refractivity contribution in [2.24, 2.45) is 5.92 Å². The predicted octanol–water partition coefficient (Wildman–Crippen LogP) is 5.27. The van der Waals surface area contributed by atoms with Gasteiger partial charge in [0.25, 0.3) is 11.8 Å². The summed E-state index contributed by atoms with van der Waals surface area (Å²) in [5.74, 6) is 0.191. The van der Waals surface area contributed by atoms with Gasteiger partial charge in [-0.1, -0.05) is 12.1 Å². The minimum absolute atomic E-state index is 0.0987. The number of hydrogen-bond donors (Lipinski definition) is 3. The molecule has 4 saturated heterocycles. The number of sulfonamides is 1. The van der Waals surface area contributed by atoms with E-state index in [1.54, 1.807) is 25.4 Å². The largest absolute Gasteiger partial charge is 0.494 e. The summed E-state index contributed by atoms with van der Waals surface area (Å²) in [6.45, 7) is 11.7. The Morgan fingerprint density at radius 2 is 1.62 bits per heavy atom. The molecule has 3 N–H and O–H groups in total. The molecule has 364 valence electrons. The second-order valence-corrected chi connectivity index (χ2v) is 21.8. The lowest BCUT2D eigenvalue weighted by atomic mass is 9.93. The molecule has 0 spiro atoms. The molecule has 6 aliphatic heterocycles. The highest BCUT2D eigenvalue weighted by Gasteiger charge is 2.45. The summed E-state index contributed by atoms with van der Waals surface area (Å²) in [6, 6.07) is 14.9. The molecular formula is C49H58BrN11O7S. The first kappa shape index (κ1) is 46.9. The van der Waals surface area contributed by atoms with Crippen LogP contribution in [0.4, 0.5) is 40.2 Å². The van der Waals surface area contributed by atoms with Crippen molar-refractivity contribution < 1.29 is 32.3 Å². The number of carbonyl (C=O) groups is 4. The van der Waals surface area contributed by atoms with Crippen LogP contribution in [0.25, 0.3) is 0 Å². The zero-order valence-electron chi connectivity index (χ0n) is 39.2. The predicted molar refractivity (Wildman–Crippen MR) is 268 cm³/mol. The normalized spacial score (nSPS) is 20.6. The minimum atomic E-state index is -3.45. The van der Waals surface area contributed by atoms with Crippen molar-refractivity contribution in [1.29, 1.82) is 0 Å². The Kier molecular flexibility index (Phi) is 13.0. The van der Waals surface area contributed by atoms with Crippen molar-refractivity contribution in [3.63, 3.8) is 0 Å². The van der Waals surface area contributed by atoms with E-state index < -0.39 is 33.8 Å². The van der Waals surface area contributed by atoms with Gasteiger partial charge in [-0.15, -0.1) is 0 Å². The number of rotatable bonds is 14. The van der Waals surface area contributed by atoms with Crippen molar-refractivity contribution in [3.05, 3.63) is 81.5 Å². The smallest absolute Gasteiger partial charge is 0.262 e. The van der Waals surface area contributed by atoms with E-state index in [9.17, 15) is 27.6 Å². The van der Waals surface area contributed by atoms with Crippen LogP contribution in [0, 0.1) is 12.8 Å². The van der Waals surface area contributed by atoms with Gasteiger partial charge < -0.3 is 30.1 Å². The fourth-order valence-corrected chi connectivity index (χ4v) is 12.2. The van der Waals surface area contributed by atoms with Gasteiger partial charge in [0.15, 0.2) is 0 Å². The molecule has 69 heavy (non-hydrogen) atoms. The van der Waals surface area contributed by atoms with Gasteiger partial charge in [0.2, 0.25) is 27.8 Å². The van der Waals surface area contributed by atoms with E-state index in [2.05, 4.69) is 75.5 Å². The number of ether oxygens (including phenoxy) is 1. The molecule has 20 heteroatoms. The van der Waals surface area contributed by atoms with E-state index in [-0.39, 0.29) is 18.7 Å². The molecule has 4 amide bonds. The molecule has 10 rings (SSSR count). The van der Waals surface area contributed by atoms with Crippen LogP contribution in [0.1, 0.15) is 70.4 Å². The van der Waals surface area contributed by atoms with Gasteiger partial charge in [-0.25, -0.2) is 13.4 Å². The highest BCUT2D eigenvalue weighted by atomic mass is 79.9. The van der Waals surface area contributed by atoms with Crippen LogP contribution in [-0.4, -0.2) is 148 Å². The molecule has 1 unspecified atom stereocenters. The Morgan fingerprint density at radius 1 is 0.855 bits per heavy atom. The summed E-state index contributed by atoms with van der Waals surface area (Å²) >= 11 is 3.57. The lowest BCUT2D eigenvalue weighted by Gasteiger charge is -2.44. The minimum Gasteiger partial charge on any atom is -0.494 e. The van der Waals surface area contributed by atoms with E-state index in [0.717, 1.165) is 118 Å². The highest BCUT2D eigenvalue weighted by Crippen LogP contribution is 2.41. The molecule has 18 nitrogen and oxygen atoms in total. The Bertz CT molecular complexity index is 2810. The molecule has 0 aliphatic carbocycles. The number of nitrogens with one attached hydrogen (secondary N) is 3. The second-order valence-electron chi connectivity index (χ2n) is 19.1. The standard InChI is InChI=1S/C49H58BrN11O7S/c1-30-24-39(53-49-51-27-37(50)45(55-49)52-38-8-4-7-32-13-19-60(44(32)38)69(3,66)67)42(68-2)26-41(30)58-17-14-33(15-18-58)57-22-20-56(21-23-57)16-5-6-31-28-59(29-31)34-9-10-35-36(25-34)48(65)61(47(35)64)40-11-12-43(62)54-46(40)63/h4,7-10,24-27,31,33,40H,5-6,11-23,28-29H2,1-3H3,(H,54,62,63)(H2,51,52,53,55). The summed E-state index contributed by atoms with van der Waals surface area (Å²) < 4.78 is 33.1. The van der Waals surface area contributed by atoms with Crippen molar-refractivity contribution in [3.8, 4) is 5.75 Å². The lowest BCUT2D eigenvalue weighted by Crippen LogP contribution is -2.54.